The number of carbonyl (C=O) groups is 2. The number of methoxy groups -OCH3 is 1. The highest BCUT2D eigenvalue weighted by molar-refractivity contribution is 7.90. The van der Waals surface area contributed by atoms with Gasteiger partial charge in [-0.3, -0.25) is 4.90 Å². The number of piperidine rings is 1. The number of nitrogens with zero attached hydrogens (tertiary/aromatic N) is 3. The number of benzene rings is 2. The van der Waals surface area contributed by atoms with Crippen LogP contribution in [0.4, 0.5) is 38.5 Å². The van der Waals surface area contributed by atoms with Crippen LogP contribution < -0.4 is 15.0 Å². The lowest BCUT2D eigenvalue weighted by Crippen LogP contribution is -2.49. The Morgan fingerprint density at radius 3 is 2.44 bits per heavy atom. The molecule has 0 saturated carbocycles. The summed E-state index contributed by atoms with van der Waals surface area (Å²) in [4.78, 5) is 26.5. The summed E-state index contributed by atoms with van der Waals surface area (Å²) in [6, 6.07) is 9.08. The maximum absolute atomic E-state index is 14.9. The zero-order chi connectivity index (χ0) is 35.6. The van der Waals surface area contributed by atoms with Gasteiger partial charge in [-0.2, -0.15) is 13.2 Å². The molecule has 4 rings (SSSR count). The predicted octanol–water partition coefficient (Wildman–Crippen LogP) is 5.91. The van der Waals surface area contributed by atoms with Gasteiger partial charge < -0.3 is 29.4 Å². The van der Waals surface area contributed by atoms with Gasteiger partial charge in [0.25, 0.3) is 0 Å². The number of hydrogen-bond donors (Lipinski definition) is 2. The molecule has 2 amide bonds. The number of halogens is 4. The average molecular weight is 697 g/mol. The van der Waals surface area contributed by atoms with E-state index in [1.165, 1.54) is 43.5 Å². The summed E-state index contributed by atoms with van der Waals surface area (Å²) in [6.07, 6.45) is -7.12. The normalized spacial score (nSPS) is 17.0. The van der Waals surface area contributed by atoms with E-state index in [0.29, 0.717) is 11.1 Å². The smallest absolute Gasteiger partial charge is 0.415 e. The molecule has 1 aliphatic rings. The minimum atomic E-state index is -4.63. The highest BCUT2D eigenvalue weighted by Crippen LogP contribution is 2.33. The third kappa shape index (κ3) is 8.82. The maximum atomic E-state index is 14.9. The van der Waals surface area contributed by atoms with Crippen LogP contribution in [0.5, 0.6) is 5.75 Å². The van der Waals surface area contributed by atoms with Crippen molar-refractivity contribution in [3.05, 3.63) is 48.2 Å². The highest BCUT2D eigenvalue weighted by atomic mass is 32.2. The molecule has 1 fully saturated rings. The number of alkyl halides is 4. The second kappa shape index (κ2) is 13.8. The number of hydrogen-bond acceptors (Lipinski definition) is 7. The highest BCUT2D eigenvalue weighted by Gasteiger charge is 2.33. The molecule has 2 aromatic carbocycles. The van der Waals surface area contributed by atoms with Crippen molar-refractivity contribution in [2.75, 3.05) is 43.2 Å². The Hall–Kier alpha value is -4.65. The number of rotatable bonds is 7. The molecule has 2 atom stereocenters. The molecular formula is C32H36F4N4O7S. The number of ether oxygens (including phenoxy) is 2. The number of amides is 2. The molecule has 1 aliphatic heterocycles. The number of aromatic nitrogens is 1. The van der Waals surface area contributed by atoms with Crippen molar-refractivity contribution in [1.29, 1.82) is 0 Å². The number of likely N-dealkylation sites (tertiary alicyclic amines) is 1. The zero-order valence-corrected chi connectivity index (χ0v) is 27.7. The minimum absolute atomic E-state index is 0.0211. The van der Waals surface area contributed by atoms with E-state index < -0.39 is 52.6 Å². The summed E-state index contributed by atoms with van der Waals surface area (Å²) in [5.41, 5.74) is -0.349. The predicted molar refractivity (Wildman–Crippen MR) is 171 cm³/mol. The Bertz CT molecular complexity index is 1860. The molecule has 2 N–H and O–H groups in total. The molecule has 0 radical (unpaired) electrons. The largest absolute Gasteiger partial charge is 0.495 e. The number of anilines is 2. The van der Waals surface area contributed by atoms with E-state index in [1.807, 2.05) is 0 Å². The second-order valence-corrected chi connectivity index (χ2v) is 14.2. The molecule has 16 heteroatoms. The van der Waals surface area contributed by atoms with Crippen molar-refractivity contribution in [2.45, 2.75) is 62.6 Å². The van der Waals surface area contributed by atoms with Crippen molar-refractivity contribution in [1.82, 2.24) is 9.47 Å². The summed E-state index contributed by atoms with van der Waals surface area (Å²) in [5, 5.41) is 12.6. The SMILES string of the molecule is COc1cc(S(C)(=O)=O)ccc1N(CC#Cc1cc2c(N[C@@H]3CCN(C(=O)O)C[C@@H]3F)cccc2n1CC(F)(F)F)C(=O)OC(C)(C)C. The van der Waals surface area contributed by atoms with Gasteiger partial charge >= 0.3 is 18.4 Å². The number of carbonyl (C=O) groups excluding carboxylic acids is 1. The van der Waals surface area contributed by atoms with Gasteiger partial charge in [0, 0.05) is 29.9 Å². The van der Waals surface area contributed by atoms with Crippen molar-refractivity contribution in [3.8, 4) is 17.6 Å². The van der Waals surface area contributed by atoms with E-state index in [0.717, 1.165) is 20.6 Å². The van der Waals surface area contributed by atoms with Crippen LogP contribution in [0.2, 0.25) is 0 Å². The van der Waals surface area contributed by atoms with E-state index in [4.69, 9.17) is 9.47 Å². The van der Waals surface area contributed by atoms with E-state index >= 15 is 0 Å². The van der Waals surface area contributed by atoms with Crippen molar-refractivity contribution < 1.29 is 50.1 Å². The fraction of sp³-hybridized carbons (Fsp3) is 0.438. The number of nitrogens with one attached hydrogen (secondary N) is 1. The Kier molecular flexibility index (Phi) is 10.4. The van der Waals surface area contributed by atoms with Crippen LogP contribution >= 0.6 is 0 Å². The number of fused-ring (bicyclic) bond motifs is 1. The van der Waals surface area contributed by atoms with Crippen LogP contribution in [-0.2, 0) is 21.1 Å². The van der Waals surface area contributed by atoms with Gasteiger partial charge in [-0.05, 0) is 63.4 Å². The maximum Gasteiger partial charge on any atom is 0.415 e. The molecule has 1 saturated heterocycles. The average Bonchev–Trinajstić information content (AvgIpc) is 3.31. The van der Waals surface area contributed by atoms with E-state index in [2.05, 4.69) is 17.2 Å². The first-order chi connectivity index (χ1) is 22.3. The summed E-state index contributed by atoms with van der Waals surface area (Å²) < 4.78 is 92.3. The molecule has 0 spiro atoms. The Balaban J connectivity index is 1.74. The summed E-state index contributed by atoms with van der Waals surface area (Å²) in [5.74, 6) is 5.49. The van der Waals surface area contributed by atoms with Crippen LogP contribution in [0, 0.1) is 11.8 Å². The summed E-state index contributed by atoms with van der Waals surface area (Å²) in [7, 11) is -2.34. The third-order valence-electron chi connectivity index (χ3n) is 7.37. The molecule has 48 heavy (non-hydrogen) atoms. The first kappa shape index (κ1) is 36.2. The third-order valence-corrected chi connectivity index (χ3v) is 8.48. The Morgan fingerprint density at radius 1 is 1.15 bits per heavy atom. The molecule has 0 unspecified atom stereocenters. The molecule has 11 nitrogen and oxygen atoms in total. The lowest BCUT2D eigenvalue weighted by atomic mass is 10.0. The lowest BCUT2D eigenvalue weighted by molar-refractivity contribution is -0.140. The van der Waals surface area contributed by atoms with Gasteiger partial charge in [-0.25, -0.2) is 22.4 Å². The molecule has 1 aromatic heterocycles. The van der Waals surface area contributed by atoms with Gasteiger partial charge in [0.05, 0.1) is 48.0 Å². The minimum Gasteiger partial charge on any atom is -0.495 e. The number of carboxylic acid groups (broad SMARTS) is 1. The second-order valence-electron chi connectivity index (χ2n) is 12.2. The van der Waals surface area contributed by atoms with E-state index in [9.17, 15) is 40.7 Å². The molecule has 2 heterocycles. The Morgan fingerprint density at radius 2 is 1.85 bits per heavy atom. The first-order valence-electron chi connectivity index (χ1n) is 14.7. The van der Waals surface area contributed by atoms with E-state index in [-0.39, 0.29) is 53.6 Å². The van der Waals surface area contributed by atoms with Crippen molar-refractivity contribution in [2.24, 2.45) is 0 Å². The fourth-order valence-electron chi connectivity index (χ4n) is 5.19. The fourth-order valence-corrected chi connectivity index (χ4v) is 5.83. The summed E-state index contributed by atoms with van der Waals surface area (Å²) in [6.45, 7) is 2.90. The van der Waals surface area contributed by atoms with Crippen LogP contribution in [0.3, 0.4) is 0 Å². The first-order valence-corrected chi connectivity index (χ1v) is 16.6. The van der Waals surface area contributed by atoms with Gasteiger partial charge in [-0.1, -0.05) is 12.0 Å². The molecule has 260 valence electrons. The number of sulfone groups is 1. The lowest BCUT2D eigenvalue weighted by Gasteiger charge is -2.34. The molecule has 0 bridgehead atoms. The van der Waals surface area contributed by atoms with Gasteiger partial charge in [-0.15, -0.1) is 0 Å². The standard InChI is InChI=1S/C32H36F4N4O7S/c1-31(2,3)47-30(43)39(27-12-11-21(48(5,44)45)17-28(27)46-4)14-7-8-20-16-22-24(9-6-10-26(22)40(20)19-32(34,35)36)37-25-13-15-38(29(41)42)18-23(25)33/h6,9-12,16-17,23,25,37H,13-15,18-19H2,1-5H3,(H,41,42)/t23-,25+/m0/s1. The summed E-state index contributed by atoms with van der Waals surface area (Å²) >= 11 is 0. The van der Waals surface area contributed by atoms with Crippen molar-refractivity contribution >= 4 is 44.3 Å². The molecule has 0 aliphatic carbocycles. The van der Waals surface area contributed by atoms with Gasteiger partial charge in [0.2, 0.25) is 0 Å². The van der Waals surface area contributed by atoms with Gasteiger partial charge in [0.1, 0.15) is 24.1 Å². The molecular weight excluding hydrogens is 660 g/mol. The van der Waals surface area contributed by atoms with Crippen LogP contribution in [0.25, 0.3) is 10.9 Å². The zero-order valence-electron chi connectivity index (χ0n) is 26.9. The monoisotopic (exact) mass is 696 g/mol. The van der Waals surface area contributed by atoms with Gasteiger partial charge in [0.15, 0.2) is 9.84 Å². The van der Waals surface area contributed by atoms with Crippen LogP contribution in [0.1, 0.15) is 32.9 Å². The topological polar surface area (TPSA) is 130 Å². The molecule has 3 aromatic rings. The van der Waals surface area contributed by atoms with E-state index in [1.54, 1.807) is 26.8 Å². The van der Waals surface area contributed by atoms with Crippen LogP contribution in [-0.4, -0.2) is 92.2 Å². The quantitative estimate of drug-likeness (QED) is 0.231. The Labute approximate surface area is 275 Å². The van der Waals surface area contributed by atoms with Crippen LogP contribution in [0.15, 0.2) is 47.4 Å². The van der Waals surface area contributed by atoms with Crippen molar-refractivity contribution in [3.63, 3.8) is 0 Å².